The van der Waals surface area contributed by atoms with Gasteiger partial charge in [-0.3, -0.25) is 19.6 Å². The lowest BCUT2D eigenvalue weighted by Gasteiger charge is -2.19. The molecule has 0 saturated carbocycles. The number of nitrogens with one attached hydrogen (secondary N) is 1. The zero-order valence-electron chi connectivity index (χ0n) is 19.7. The first-order chi connectivity index (χ1) is 16.5. The molecule has 0 fully saturated rings. The number of aryl methyl sites for hydroxylation is 1. The van der Waals surface area contributed by atoms with Crippen molar-refractivity contribution in [2.24, 2.45) is 0 Å². The van der Waals surface area contributed by atoms with Crippen LogP contribution in [0.3, 0.4) is 0 Å². The molecular formula is C26H29N5O3. The Kier molecular flexibility index (Phi) is 7.06. The van der Waals surface area contributed by atoms with Crippen molar-refractivity contribution in [1.82, 2.24) is 19.6 Å². The van der Waals surface area contributed by atoms with Gasteiger partial charge >= 0.3 is 0 Å². The number of nitrogens with zero attached hydrogens (tertiary/aromatic N) is 4. The molecule has 4 rings (SSSR count). The maximum atomic E-state index is 13.3. The summed E-state index contributed by atoms with van der Waals surface area (Å²) < 4.78 is 6.83. The Bertz CT molecular complexity index is 1330. The Morgan fingerprint density at radius 3 is 2.44 bits per heavy atom. The number of hydrogen-bond donors (Lipinski definition) is 1. The Labute approximate surface area is 198 Å². The van der Waals surface area contributed by atoms with Crippen LogP contribution >= 0.6 is 0 Å². The van der Waals surface area contributed by atoms with Crippen LogP contribution in [0, 0.1) is 6.92 Å². The highest BCUT2D eigenvalue weighted by Crippen LogP contribution is 2.19. The number of H-pyrrole nitrogens is 1. The van der Waals surface area contributed by atoms with Gasteiger partial charge in [0.25, 0.3) is 11.3 Å². The molecule has 1 amide bonds. The first kappa shape index (κ1) is 23.2. The third-order valence-corrected chi connectivity index (χ3v) is 5.60. The largest absolute Gasteiger partial charge is 0.494 e. The molecule has 0 bridgehead atoms. The standard InChI is InChI=1S/C26H29N5O3/c1-4-9-23(32)30(17-20-12-14-21(15-13-20)34-5-2)26-28-25-27-18(3)22(24(33)31(25)29-26)16-19-10-7-6-8-11-19/h6-8,10-15H,4-5,9,16-17H2,1-3H3,(H,27,28,29). The fourth-order valence-corrected chi connectivity index (χ4v) is 3.84. The van der Waals surface area contributed by atoms with Gasteiger partial charge in [0.15, 0.2) is 0 Å². The highest BCUT2D eigenvalue weighted by molar-refractivity contribution is 5.91. The molecule has 0 radical (unpaired) electrons. The number of ether oxygens (including phenoxy) is 1. The van der Waals surface area contributed by atoms with Crippen molar-refractivity contribution in [3.05, 3.63) is 87.3 Å². The SMILES string of the molecule is CCCC(=O)N(Cc1ccc(OCC)cc1)c1nc2nc(C)c(Cc3ccccc3)c(=O)n2[nH]1. The molecule has 0 aliphatic carbocycles. The van der Waals surface area contributed by atoms with Crippen LogP contribution in [0.2, 0.25) is 0 Å². The van der Waals surface area contributed by atoms with E-state index in [1.807, 2.05) is 75.4 Å². The highest BCUT2D eigenvalue weighted by atomic mass is 16.5. The topological polar surface area (TPSA) is 92.6 Å². The second kappa shape index (κ2) is 10.3. The molecule has 0 aliphatic heterocycles. The van der Waals surface area contributed by atoms with Crippen LogP contribution in [0.4, 0.5) is 5.95 Å². The highest BCUT2D eigenvalue weighted by Gasteiger charge is 2.21. The molecular weight excluding hydrogens is 430 g/mol. The summed E-state index contributed by atoms with van der Waals surface area (Å²) in [5.41, 5.74) is 2.96. The van der Waals surface area contributed by atoms with Crippen LogP contribution < -0.4 is 15.2 Å². The van der Waals surface area contributed by atoms with E-state index in [0.717, 1.165) is 16.9 Å². The molecule has 0 unspecified atom stereocenters. The van der Waals surface area contributed by atoms with Gasteiger partial charge in [0.2, 0.25) is 11.9 Å². The summed E-state index contributed by atoms with van der Waals surface area (Å²) in [7, 11) is 0. The maximum Gasteiger partial charge on any atom is 0.277 e. The number of amides is 1. The number of hydrogen-bond acceptors (Lipinski definition) is 5. The molecule has 2 heterocycles. The van der Waals surface area contributed by atoms with E-state index >= 15 is 0 Å². The Balaban J connectivity index is 1.69. The second-order valence-electron chi connectivity index (χ2n) is 8.13. The van der Waals surface area contributed by atoms with Crippen molar-refractivity contribution < 1.29 is 9.53 Å². The number of rotatable bonds is 9. The minimum absolute atomic E-state index is 0.0790. The predicted octanol–water partition coefficient (Wildman–Crippen LogP) is 4.05. The fourth-order valence-electron chi connectivity index (χ4n) is 3.84. The smallest absolute Gasteiger partial charge is 0.277 e. The zero-order chi connectivity index (χ0) is 24.1. The first-order valence-corrected chi connectivity index (χ1v) is 11.5. The van der Waals surface area contributed by atoms with Gasteiger partial charge in [-0.15, -0.1) is 0 Å². The van der Waals surface area contributed by atoms with E-state index in [1.165, 1.54) is 4.52 Å². The number of aromatic nitrogens is 4. The number of carbonyl (C=O) groups excluding carboxylic acids is 1. The van der Waals surface area contributed by atoms with Crippen LogP contribution in [-0.4, -0.2) is 32.1 Å². The number of carbonyl (C=O) groups is 1. The molecule has 8 nitrogen and oxygen atoms in total. The molecule has 1 N–H and O–H groups in total. The summed E-state index contributed by atoms with van der Waals surface area (Å²) in [6, 6.07) is 17.4. The normalized spacial score (nSPS) is 11.0. The van der Waals surface area contributed by atoms with Gasteiger partial charge in [-0.25, -0.2) is 4.98 Å². The quantitative estimate of drug-likeness (QED) is 0.408. The van der Waals surface area contributed by atoms with E-state index < -0.39 is 0 Å². The molecule has 2 aromatic carbocycles. The molecule has 2 aromatic heterocycles. The second-order valence-corrected chi connectivity index (χ2v) is 8.13. The van der Waals surface area contributed by atoms with E-state index in [9.17, 15) is 9.59 Å². The van der Waals surface area contributed by atoms with Gasteiger partial charge in [0.1, 0.15) is 5.75 Å². The molecule has 176 valence electrons. The number of benzene rings is 2. The van der Waals surface area contributed by atoms with E-state index in [4.69, 9.17) is 4.74 Å². The Morgan fingerprint density at radius 2 is 1.76 bits per heavy atom. The number of aromatic amines is 1. The number of anilines is 1. The molecule has 0 aliphatic rings. The zero-order valence-corrected chi connectivity index (χ0v) is 19.7. The summed E-state index contributed by atoms with van der Waals surface area (Å²) >= 11 is 0. The van der Waals surface area contributed by atoms with Crippen molar-refractivity contribution in [3.63, 3.8) is 0 Å². The first-order valence-electron chi connectivity index (χ1n) is 11.5. The lowest BCUT2D eigenvalue weighted by Crippen LogP contribution is -2.31. The van der Waals surface area contributed by atoms with E-state index in [0.29, 0.717) is 49.6 Å². The van der Waals surface area contributed by atoms with Crippen LogP contribution in [0.25, 0.3) is 5.78 Å². The molecule has 34 heavy (non-hydrogen) atoms. The molecule has 8 heteroatoms. The van der Waals surface area contributed by atoms with Gasteiger partial charge in [0, 0.05) is 18.4 Å². The fraction of sp³-hybridized carbons (Fsp3) is 0.308. The van der Waals surface area contributed by atoms with Gasteiger partial charge in [0.05, 0.1) is 18.8 Å². The average Bonchev–Trinajstić information content (AvgIpc) is 3.26. The van der Waals surface area contributed by atoms with Crippen molar-refractivity contribution in [2.75, 3.05) is 11.5 Å². The molecule has 4 aromatic rings. The summed E-state index contributed by atoms with van der Waals surface area (Å²) in [6.07, 6.45) is 1.55. The minimum Gasteiger partial charge on any atom is -0.494 e. The third kappa shape index (κ3) is 5.01. The van der Waals surface area contributed by atoms with Gasteiger partial charge < -0.3 is 4.74 Å². The Hall–Kier alpha value is -3.94. The van der Waals surface area contributed by atoms with E-state index in [-0.39, 0.29) is 17.2 Å². The lowest BCUT2D eigenvalue weighted by molar-refractivity contribution is -0.118. The summed E-state index contributed by atoms with van der Waals surface area (Å²) in [6.45, 7) is 6.61. The predicted molar refractivity (Wildman–Crippen MR) is 131 cm³/mol. The molecule has 0 saturated heterocycles. The number of fused-ring (bicyclic) bond motifs is 1. The average molecular weight is 460 g/mol. The van der Waals surface area contributed by atoms with Gasteiger partial charge in [-0.05, 0) is 43.5 Å². The third-order valence-electron chi connectivity index (χ3n) is 5.60. The van der Waals surface area contributed by atoms with Crippen LogP contribution in [0.1, 0.15) is 49.1 Å². The van der Waals surface area contributed by atoms with Gasteiger partial charge in [-0.2, -0.15) is 9.50 Å². The summed E-state index contributed by atoms with van der Waals surface area (Å²) in [5, 5.41) is 3.02. The maximum absolute atomic E-state index is 13.3. The monoisotopic (exact) mass is 459 g/mol. The van der Waals surface area contributed by atoms with Crippen LogP contribution in [-0.2, 0) is 17.8 Å². The summed E-state index contributed by atoms with van der Waals surface area (Å²) in [5.74, 6) is 1.24. The van der Waals surface area contributed by atoms with Crippen molar-refractivity contribution >= 4 is 17.6 Å². The van der Waals surface area contributed by atoms with Crippen molar-refractivity contribution in [3.8, 4) is 5.75 Å². The summed E-state index contributed by atoms with van der Waals surface area (Å²) in [4.78, 5) is 36.9. The van der Waals surface area contributed by atoms with Crippen molar-refractivity contribution in [2.45, 2.75) is 46.6 Å². The van der Waals surface area contributed by atoms with Crippen LogP contribution in [0.15, 0.2) is 59.4 Å². The van der Waals surface area contributed by atoms with E-state index in [1.54, 1.807) is 4.90 Å². The lowest BCUT2D eigenvalue weighted by atomic mass is 10.1. The minimum atomic E-state index is -0.214. The van der Waals surface area contributed by atoms with Crippen LogP contribution in [0.5, 0.6) is 5.75 Å². The van der Waals surface area contributed by atoms with E-state index in [2.05, 4.69) is 15.1 Å². The molecule has 0 atom stereocenters. The molecule has 0 spiro atoms. The Morgan fingerprint density at radius 1 is 1.03 bits per heavy atom. The van der Waals surface area contributed by atoms with Crippen molar-refractivity contribution in [1.29, 1.82) is 0 Å². The van der Waals surface area contributed by atoms with Gasteiger partial charge in [-0.1, -0.05) is 49.4 Å².